The maximum atomic E-state index is 12.0. The first-order valence-electron chi connectivity index (χ1n) is 8.13. The summed E-state index contributed by atoms with van der Waals surface area (Å²) in [6.07, 6.45) is 1.42. The molecule has 0 unspecified atom stereocenters. The van der Waals surface area contributed by atoms with Gasteiger partial charge in [-0.05, 0) is 42.8 Å². The Hall–Kier alpha value is -2.91. The summed E-state index contributed by atoms with van der Waals surface area (Å²) < 4.78 is 36.9. The molecule has 0 aliphatic carbocycles. The van der Waals surface area contributed by atoms with Crippen LogP contribution in [0.2, 0.25) is 0 Å². The Labute approximate surface area is 158 Å². The van der Waals surface area contributed by atoms with Gasteiger partial charge < -0.3 is 9.47 Å². The van der Waals surface area contributed by atoms with Gasteiger partial charge in [0.2, 0.25) is 10.0 Å². The molecule has 2 rings (SSSR count). The quantitative estimate of drug-likeness (QED) is 0.498. The van der Waals surface area contributed by atoms with E-state index in [4.69, 9.17) is 9.47 Å². The van der Waals surface area contributed by atoms with E-state index in [9.17, 15) is 13.2 Å². The second-order valence-electron chi connectivity index (χ2n) is 5.27. The van der Waals surface area contributed by atoms with Crippen molar-refractivity contribution in [3.8, 4) is 11.5 Å². The van der Waals surface area contributed by atoms with Crippen LogP contribution < -0.4 is 19.6 Å². The van der Waals surface area contributed by atoms with Crippen LogP contribution in [0.4, 0.5) is 0 Å². The fraction of sp³-hybridized carbons (Fsp3) is 0.222. The molecule has 0 aliphatic rings. The van der Waals surface area contributed by atoms with E-state index >= 15 is 0 Å². The van der Waals surface area contributed by atoms with E-state index in [1.165, 1.54) is 25.5 Å². The van der Waals surface area contributed by atoms with E-state index in [0.29, 0.717) is 23.7 Å². The molecule has 0 saturated carbocycles. The number of hydrazone groups is 1. The van der Waals surface area contributed by atoms with Crippen molar-refractivity contribution in [3.63, 3.8) is 0 Å². The molecule has 27 heavy (non-hydrogen) atoms. The van der Waals surface area contributed by atoms with Crippen molar-refractivity contribution < 1.29 is 22.7 Å². The van der Waals surface area contributed by atoms with Crippen LogP contribution in [-0.4, -0.2) is 40.8 Å². The average Bonchev–Trinajstić information content (AvgIpc) is 2.68. The molecule has 0 heterocycles. The number of methoxy groups -OCH3 is 1. The molecule has 8 nitrogen and oxygen atoms in total. The average molecular weight is 391 g/mol. The highest BCUT2D eigenvalue weighted by molar-refractivity contribution is 7.89. The SMILES string of the molecule is CCOc1ccc(/C=N\NC(=O)CNS(=O)(=O)c2ccccc2)cc1OC. The number of ether oxygens (including phenoxy) is 2. The first-order chi connectivity index (χ1) is 13.0. The number of rotatable bonds is 9. The van der Waals surface area contributed by atoms with Gasteiger partial charge in [0.05, 0.1) is 31.4 Å². The smallest absolute Gasteiger partial charge is 0.255 e. The number of amides is 1. The topological polar surface area (TPSA) is 106 Å². The predicted molar refractivity (Wildman–Crippen MR) is 102 cm³/mol. The summed E-state index contributed by atoms with van der Waals surface area (Å²) in [5.41, 5.74) is 2.94. The molecule has 2 N–H and O–H groups in total. The molecule has 0 radical (unpaired) electrons. The standard InChI is InChI=1S/C18H21N3O5S/c1-3-26-16-10-9-14(11-17(16)25-2)12-19-21-18(22)13-20-27(23,24)15-7-5-4-6-8-15/h4-12,20H,3,13H2,1-2H3,(H,21,22)/b19-12-. The Bertz CT molecular complexity index is 898. The molecule has 2 aromatic carbocycles. The van der Waals surface area contributed by atoms with E-state index < -0.39 is 22.5 Å². The number of carbonyl (C=O) groups is 1. The van der Waals surface area contributed by atoms with Gasteiger partial charge in [-0.25, -0.2) is 18.6 Å². The minimum Gasteiger partial charge on any atom is -0.493 e. The lowest BCUT2D eigenvalue weighted by atomic mass is 10.2. The van der Waals surface area contributed by atoms with Gasteiger partial charge in [0.1, 0.15) is 0 Å². The largest absolute Gasteiger partial charge is 0.493 e. The summed E-state index contributed by atoms with van der Waals surface area (Å²) >= 11 is 0. The lowest BCUT2D eigenvalue weighted by Gasteiger charge is -2.09. The normalized spacial score (nSPS) is 11.3. The van der Waals surface area contributed by atoms with Crippen LogP contribution in [0.3, 0.4) is 0 Å². The third-order valence-corrected chi connectivity index (χ3v) is 4.78. The van der Waals surface area contributed by atoms with Crippen LogP contribution in [0.1, 0.15) is 12.5 Å². The zero-order valence-electron chi connectivity index (χ0n) is 15.0. The second-order valence-corrected chi connectivity index (χ2v) is 7.04. The van der Waals surface area contributed by atoms with Gasteiger partial charge in [-0.1, -0.05) is 18.2 Å². The van der Waals surface area contributed by atoms with E-state index in [2.05, 4.69) is 15.2 Å². The Kier molecular flexibility index (Phi) is 7.33. The molecule has 9 heteroatoms. The van der Waals surface area contributed by atoms with Gasteiger partial charge in [0.15, 0.2) is 11.5 Å². The molecule has 0 bridgehead atoms. The molecule has 0 aromatic heterocycles. The van der Waals surface area contributed by atoms with Crippen LogP contribution in [0, 0.1) is 0 Å². The maximum Gasteiger partial charge on any atom is 0.255 e. The molecule has 0 atom stereocenters. The molecule has 0 aliphatic heterocycles. The lowest BCUT2D eigenvalue weighted by Crippen LogP contribution is -2.34. The fourth-order valence-electron chi connectivity index (χ4n) is 2.10. The third-order valence-electron chi connectivity index (χ3n) is 3.37. The van der Waals surface area contributed by atoms with Crippen molar-refractivity contribution in [3.05, 3.63) is 54.1 Å². The van der Waals surface area contributed by atoms with Crippen molar-refractivity contribution >= 4 is 22.1 Å². The summed E-state index contributed by atoms with van der Waals surface area (Å²) in [6, 6.07) is 13.0. The monoisotopic (exact) mass is 391 g/mol. The number of hydrogen-bond donors (Lipinski definition) is 2. The van der Waals surface area contributed by atoms with Gasteiger partial charge in [-0.2, -0.15) is 5.10 Å². The molecule has 1 amide bonds. The van der Waals surface area contributed by atoms with Crippen molar-refractivity contribution in [2.45, 2.75) is 11.8 Å². The Morgan fingerprint density at radius 3 is 2.56 bits per heavy atom. The zero-order valence-corrected chi connectivity index (χ0v) is 15.8. The minimum absolute atomic E-state index is 0.0859. The minimum atomic E-state index is -3.74. The van der Waals surface area contributed by atoms with Crippen LogP contribution in [0.15, 0.2) is 58.5 Å². The molecular weight excluding hydrogens is 370 g/mol. The molecule has 0 saturated heterocycles. The van der Waals surface area contributed by atoms with Gasteiger partial charge in [-0.15, -0.1) is 0 Å². The first kappa shape index (κ1) is 20.4. The van der Waals surface area contributed by atoms with Crippen molar-refractivity contribution in [1.29, 1.82) is 0 Å². The third kappa shape index (κ3) is 6.08. The van der Waals surface area contributed by atoms with Crippen LogP contribution in [-0.2, 0) is 14.8 Å². The number of carbonyl (C=O) groups excluding carboxylic acids is 1. The molecule has 144 valence electrons. The Morgan fingerprint density at radius 2 is 1.89 bits per heavy atom. The van der Waals surface area contributed by atoms with Crippen LogP contribution in [0.5, 0.6) is 11.5 Å². The lowest BCUT2D eigenvalue weighted by molar-refractivity contribution is -0.119. The van der Waals surface area contributed by atoms with Crippen LogP contribution in [0.25, 0.3) is 0 Å². The van der Waals surface area contributed by atoms with Gasteiger partial charge in [0, 0.05) is 0 Å². The predicted octanol–water partition coefficient (Wildman–Crippen LogP) is 1.52. The van der Waals surface area contributed by atoms with Gasteiger partial charge in [-0.3, -0.25) is 4.79 Å². The second kappa shape index (κ2) is 9.70. The number of benzene rings is 2. The molecule has 2 aromatic rings. The Balaban J connectivity index is 1.90. The van der Waals surface area contributed by atoms with E-state index in [1.807, 2.05) is 6.92 Å². The number of nitrogens with zero attached hydrogens (tertiary/aromatic N) is 1. The van der Waals surface area contributed by atoms with Crippen molar-refractivity contribution in [1.82, 2.24) is 10.1 Å². The van der Waals surface area contributed by atoms with Crippen LogP contribution >= 0.6 is 0 Å². The highest BCUT2D eigenvalue weighted by Gasteiger charge is 2.14. The molecule has 0 spiro atoms. The summed E-state index contributed by atoms with van der Waals surface area (Å²) in [6.45, 7) is 1.95. The highest BCUT2D eigenvalue weighted by atomic mass is 32.2. The summed E-state index contributed by atoms with van der Waals surface area (Å²) in [7, 11) is -2.22. The van der Waals surface area contributed by atoms with Crippen molar-refractivity contribution in [2.75, 3.05) is 20.3 Å². The first-order valence-corrected chi connectivity index (χ1v) is 9.62. The summed E-state index contributed by atoms with van der Waals surface area (Å²) in [5.74, 6) is 0.558. The Morgan fingerprint density at radius 1 is 1.15 bits per heavy atom. The number of nitrogens with one attached hydrogen (secondary N) is 2. The zero-order chi connectivity index (χ0) is 19.7. The van der Waals surface area contributed by atoms with Crippen molar-refractivity contribution in [2.24, 2.45) is 5.10 Å². The summed E-state index contributed by atoms with van der Waals surface area (Å²) in [4.78, 5) is 11.9. The maximum absolute atomic E-state index is 12.0. The van der Waals surface area contributed by atoms with E-state index in [0.717, 1.165) is 0 Å². The van der Waals surface area contributed by atoms with Gasteiger partial charge in [0.25, 0.3) is 5.91 Å². The van der Waals surface area contributed by atoms with E-state index in [-0.39, 0.29) is 4.90 Å². The fourth-order valence-corrected chi connectivity index (χ4v) is 3.10. The van der Waals surface area contributed by atoms with Gasteiger partial charge >= 0.3 is 0 Å². The number of sulfonamides is 1. The number of hydrogen-bond acceptors (Lipinski definition) is 6. The van der Waals surface area contributed by atoms with E-state index in [1.54, 1.807) is 36.4 Å². The molecule has 0 fully saturated rings. The summed E-state index contributed by atoms with van der Waals surface area (Å²) in [5, 5.41) is 3.81. The highest BCUT2D eigenvalue weighted by Crippen LogP contribution is 2.27. The molecular formula is C18H21N3O5S.